The van der Waals surface area contributed by atoms with E-state index in [2.05, 4.69) is 21.4 Å². The van der Waals surface area contributed by atoms with Gasteiger partial charge in [-0.25, -0.2) is 0 Å². The second-order valence-electron chi connectivity index (χ2n) is 5.63. The molecule has 6 heteroatoms. The smallest absolute Gasteiger partial charge is 0.234 e. The van der Waals surface area contributed by atoms with Gasteiger partial charge in [0.2, 0.25) is 5.88 Å². The molecular formula is C16H26N4O2. The van der Waals surface area contributed by atoms with Crippen LogP contribution in [-0.2, 0) is 4.74 Å². The number of hydrogen-bond donors (Lipinski definition) is 0. The van der Waals surface area contributed by atoms with Gasteiger partial charge in [-0.3, -0.25) is 9.88 Å². The van der Waals surface area contributed by atoms with Crippen molar-refractivity contribution >= 4 is 5.82 Å². The van der Waals surface area contributed by atoms with Gasteiger partial charge < -0.3 is 14.4 Å². The minimum Gasteiger partial charge on any atom is -0.472 e. The monoisotopic (exact) mass is 306 g/mol. The van der Waals surface area contributed by atoms with E-state index in [9.17, 15) is 0 Å². The van der Waals surface area contributed by atoms with Gasteiger partial charge in [0.1, 0.15) is 6.10 Å². The topological polar surface area (TPSA) is 50.7 Å². The summed E-state index contributed by atoms with van der Waals surface area (Å²) in [5, 5.41) is 0. The van der Waals surface area contributed by atoms with E-state index < -0.39 is 0 Å². The lowest BCUT2D eigenvalue weighted by Crippen LogP contribution is -2.42. The summed E-state index contributed by atoms with van der Waals surface area (Å²) < 4.78 is 11.5. The summed E-state index contributed by atoms with van der Waals surface area (Å²) in [5.41, 5.74) is 0. The number of hydrogen-bond acceptors (Lipinski definition) is 6. The first-order valence-electron chi connectivity index (χ1n) is 7.76. The molecule has 0 aromatic carbocycles. The SMILES string of the molecule is C=CCCC(CN1CCOCC1)Oc1cncc(N(C)C)n1. The Morgan fingerprint density at radius 3 is 2.86 bits per heavy atom. The highest BCUT2D eigenvalue weighted by atomic mass is 16.5. The molecule has 1 aromatic rings. The minimum absolute atomic E-state index is 0.0859. The van der Waals surface area contributed by atoms with Crippen molar-refractivity contribution in [1.29, 1.82) is 0 Å². The highest BCUT2D eigenvalue weighted by Gasteiger charge is 2.18. The third-order valence-electron chi connectivity index (χ3n) is 3.60. The van der Waals surface area contributed by atoms with Crippen molar-refractivity contribution in [2.24, 2.45) is 0 Å². The van der Waals surface area contributed by atoms with Crippen LogP contribution in [0.15, 0.2) is 25.0 Å². The van der Waals surface area contributed by atoms with Crippen LogP contribution >= 0.6 is 0 Å². The van der Waals surface area contributed by atoms with E-state index >= 15 is 0 Å². The average molecular weight is 306 g/mol. The first-order chi connectivity index (χ1) is 10.7. The zero-order valence-electron chi connectivity index (χ0n) is 13.6. The number of anilines is 1. The molecule has 22 heavy (non-hydrogen) atoms. The van der Waals surface area contributed by atoms with Crippen LogP contribution in [0.25, 0.3) is 0 Å². The number of morpholine rings is 1. The molecule has 1 aliphatic rings. The number of allylic oxidation sites excluding steroid dienone is 1. The minimum atomic E-state index is 0.0859. The number of nitrogens with zero attached hydrogens (tertiary/aromatic N) is 4. The van der Waals surface area contributed by atoms with Gasteiger partial charge >= 0.3 is 0 Å². The first-order valence-corrected chi connectivity index (χ1v) is 7.76. The molecule has 1 saturated heterocycles. The molecule has 1 aliphatic heterocycles. The van der Waals surface area contributed by atoms with Crippen LogP contribution in [0.2, 0.25) is 0 Å². The van der Waals surface area contributed by atoms with E-state index in [0.29, 0.717) is 5.88 Å². The summed E-state index contributed by atoms with van der Waals surface area (Å²) in [6.45, 7) is 8.18. The molecule has 2 heterocycles. The van der Waals surface area contributed by atoms with E-state index in [1.165, 1.54) is 0 Å². The normalized spacial score (nSPS) is 17.0. The van der Waals surface area contributed by atoms with Crippen LogP contribution in [-0.4, -0.2) is 67.9 Å². The summed E-state index contributed by atoms with van der Waals surface area (Å²) in [5.74, 6) is 1.37. The lowest BCUT2D eigenvalue weighted by molar-refractivity contribution is 0.0174. The largest absolute Gasteiger partial charge is 0.472 e. The van der Waals surface area contributed by atoms with Crippen LogP contribution < -0.4 is 9.64 Å². The maximum Gasteiger partial charge on any atom is 0.234 e. The highest BCUT2D eigenvalue weighted by molar-refractivity contribution is 5.34. The van der Waals surface area contributed by atoms with Crippen LogP contribution in [0.1, 0.15) is 12.8 Å². The Balaban J connectivity index is 1.98. The van der Waals surface area contributed by atoms with Crippen LogP contribution in [0.3, 0.4) is 0 Å². The average Bonchev–Trinajstić information content (AvgIpc) is 2.54. The zero-order valence-corrected chi connectivity index (χ0v) is 13.6. The van der Waals surface area contributed by atoms with E-state index in [-0.39, 0.29) is 6.10 Å². The fourth-order valence-corrected chi connectivity index (χ4v) is 2.34. The van der Waals surface area contributed by atoms with E-state index in [1.807, 2.05) is 25.1 Å². The number of aromatic nitrogens is 2. The first kappa shape index (κ1) is 16.7. The van der Waals surface area contributed by atoms with Crippen molar-refractivity contribution in [1.82, 2.24) is 14.9 Å². The maximum absolute atomic E-state index is 6.08. The van der Waals surface area contributed by atoms with Crippen LogP contribution in [0.5, 0.6) is 5.88 Å². The van der Waals surface area contributed by atoms with E-state index in [4.69, 9.17) is 9.47 Å². The van der Waals surface area contributed by atoms with E-state index in [1.54, 1.807) is 12.4 Å². The van der Waals surface area contributed by atoms with Crippen molar-refractivity contribution in [2.45, 2.75) is 18.9 Å². The highest BCUT2D eigenvalue weighted by Crippen LogP contribution is 2.16. The van der Waals surface area contributed by atoms with Crippen molar-refractivity contribution in [2.75, 3.05) is 51.8 Å². The lowest BCUT2D eigenvalue weighted by Gasteiger charge is -2.30. The summed E-state index contributed by atoms with van der Waals surface area (Å²) in [6.07, 6.45) is 7.27. The second kappa shape index (κ2) is 8.70. The summed E-state index contributed by atoms with van der Waals surface area (Å²) in [6, 6.07) is 0. The molecule has 1 fully saturated rings. The van der Waals surface area contributed by atoms with Gasteiger partial charge in [0.15, 0.2) is 5.82 Å². The summed E-state index contributed by atoms with van der Waals surface area (Å²) in [7, 11) is 3.88. The molecule has 1 aromatic heterocycles. The number of rotatable bonds is 8. The molecule has 0 radical (unpaired) electrons. The predicted octanol–water partition coefficient (Wildman–Crippen LogP) is 1.59. The Bertz CT molecular complexity index is 461. The molecule has 0 aliphatic carbocycles. The van der Waals surface area contributed by atoms with Gasteiger partial charge in [-0.2, -0.15) is 4.98 Å². The van der Waals surface area contributed by atoms with Gasteiger partial charge in [-0.1, -0.05) is 6.08 Å². The predicted molar refractivity (Wildman–Crippen MR) is 87.5 cm³/mol. The molecule has 1 unspecified atom stereocenters. The zero-order chi connectivity index (χ0) is 15.8. The Morgan fingerprint density at radius 1 is 1.41 bits per heavy atom. The van der Waals surface area contributed by atoms with Gasteiger partial charge in [0, 0.05) is 33.7 Å². The van der Waals surface area contributed by atoms with Crippen molar-refractivity contribution < 1.29 is 9.47 Å². The Labute approximate surface area is 132 Å². The van der Waals surface area contributed by atoms with Crippen LogP contribution in [0.4, 0.5) is 5.82 Å². The third-order valence-corrected chi connectivity index (χ3v) is 3.60. The second-order valence-corrected chi connectivity index (χ2v) is 5.63. The van der Waals surface area contributed by atoms with E-state index in [0.717, 1.165) is 51.5 Å². The Kier molecular flexibility index (Phi) is 6.61. The van der Waals surface area contributed by atoms with Crippen molar-refractivity contribution in [3.8, 4) is 5.88 Å². The summed E-state index contributed by atoms with van der Waals surface area (Å²) >= 11 is 0. The molecule has 0 N–H and O–H groups in total. The molecule has 6 nitrogen and oxygen atoms in total. The molecule has 0 saturated carbocycles. The van der Waals surface area contributed by atoms with Gasteiger partial charge in [-0.05, 0) is 12.8 Å². The quantitative estimate of drug-likeness (QED) is 0.680. The maximum atomic E-state index is 6.08. The standard InChI is InChI=1S/C16H26N4O2/c1-4-5-6-14(13-20-7-9-21-10-8-20)22-16-12-17-11-15(18-16)19(2)3/h4,11-12,14H,1,5-10,13H2,2-3H3. The Morgan fingerprint density at radius 2 is 2.18 bits per heavy atom. The third kappa shape index (κ3) is 5.27. The fourth-order valence-electron chi connectivity index (χ4n) is 2.34. The lowest BCUT2D eigenvalue weighted by atomic mass is 10.2. The fraction of sp³-hybridized carbons (Fsp3) is 0.625. The molecule has 122 valence electrons. The number of ether oxygens (including phenoxy) is 2. The molecule has 2 rings (SSSR count). The van der Waals surface area contributed by atoms with Crippen LogP contribution in [0, 0.1) is 0 Å². The van der Waals surface area contributed by atoms with Gasteiger partial charge in [0.25, 0.3) is 0 Å². The summed E-state index contributed by atoms with van der Waals surface area (Å²) in [4.78, 5) is 13.0. The molecule has 0 amide bonds. The van der Waals surface area contributed by atoms with Gasteiger partial charge in [-0.15, -0.1) is 6.58 Å². The molecular weight excluding hydrogens is 280 g/mol. The van der Waals surface area contributed by atoms with Gasteiger partial charge in [0.05, 0.1) is 25.6 Å². The van der Waals surface area contributed by atoms with Crippen molar-refractivity contribution in [3.63, 3.8) is 0 Å². The van der Waals surface area contributed by atoms with Crippen molar-refractivity contribution in [3.05, 3.63) is 25.0 Å². The molecule has 0 bridgehead atoms. The molecule has 0 spiro atoms. The Hall–Kier alpha value is -1.66. The molecule has 1 atom stereocenters.